The van der Waals surface area contributed by atoms with Crippen LogP contribution in [0.2, 0.25) is 5.02 Å². The molecule has 0 bridgehead atoms. The second kappa shape index (κ2) is 5.71. The SMILES string of the molecule is COc1ccc(Cl)cc1C(N)CCS(C)(=O)=O. The summed E-state index contributed by atoms with van der Waals surface area (Å²) in [5.74, 6) is 0.666. The smallest absolute Gasteiger partial charge is 0.147 e. The lowest BCUT2D eigenvalue weighted by atomic mass is 10.0. The number of hydrogen-bond acceptors (Lipinski definition) is 4. The molecule has 4 nitrogen and oxygen atoms in total. The zero-order valence-corrected chi connectivity index (χ0v) is 11.4. The molecule has 0 aromatic heterocycles. The van der Waals surface area contributed by atoms with E-state index in [9.17, 15) is 8.42 Å². The van der Waals surface area contributed by atoms with Crippen molar-refractivity contribution in [2.75, 3.05) is 19.1 Å². The van der Waals surface area contributed by atoms with Crippen LogP contribution in [0.1, 0.15) is 18.0 Å². The Labute approximate surface area is 107 Å². The molecule has 0 aliphatic carbocycles. The van der Waals surface area contributed by atoms with Crippen LogP contribution in [0.15, 0.2) is 18.2 Å². The van der Waals surface area contributed by atoms with Crippen LogP contribution in [0.25, 0.3) is 0 Å². The van der Waals surface area contributed by atoms with Crippen LogP contribution in [-0.2, 0) is 9.84 Å². The maximum Gasteiger partial charge on any atom is 0.147 e. The minimum absolute atomic E-state index is 0.0455. The Kier molecular flexibility index (Phi) is 4.80. The third-order valence-electron chi connectivity index (χ3n) is 2.39. The lowest BCUT2D eigenvalue weighted by Crippen LogP contribution is -2.16. The monoisotopic (exact) mass is 277 g/mol. The molecule has 0 heterocycles. The van der Waals surface area contributed by atoms with Gasteiger partial charge in [0.15, 0.2) is 0 Å². The number of halogens is 1. The molecule has 17 heavy (non-hydrogen) atoms. The average molecular weight is 278 g/mol. The summed E-state index contributed by atoms with van der Waals surface area (Å²) in [6, 6.07) is 4.72. The van der Waals surface area contributed by atoms with Gasteiger partial charge in [-0.2, -0.15) is 0 Å². The van der Waals surface area contributed by atoms with Crippen molar-refractivity contribution in [3.05, 3.63) is 28.8 Å². The molecule has 96 valence electrons. The molecule has 0 saturated heterocycles. The third kappa shape index (κ3) is 4.53. The zero-order chi connectivity index (χ0) is 13.1. The largest absolute Gasteiger partial charge is 0.496 e. The average Bonchev–Trinajstić information content (AvgIpc) is 2.25. The van der Waals surface area contributed by atoms with E-state index in [4.69, 9.17) is 22.1 Å². The van der Waals surface area contributed by atoms with Gasteiger partial charge in [0, 0.05) is 22.9 Å². The molecule has 1 aromatic rings. The quantitative estimate of drug-likeness (QED) is 0.891. The highest BCUT2D eigenvalue weighted by Crippen LogP contribution is 2.28. The molecule has 0 amide bonds. The van der Waals surface area contributed by atoms with E-state index in [0.717, 1.165) is 5.56 Å². The van der Waals surface area contributed by atoms with E-state index in [1.807, 2.05) is 0 Å². The normalized spacial score (nSPS) is 13.4. The Bertz CT molecular complexity index is 487. The molecule has 0 aliphatic heterocycles. The Morgan fingerprint density at radius 1 is 1.47 bits per heavy atom. The van der Waals surface area contributed by atoms with Gasteiger partial charge < -0.3 is 10.5 Å². The van der Waals surface area contributed by atoms with Crippen molar-refractivity contribution < 1.29 is 13.2 Å². The van der Waals surface area contributed by atoms with E-state index in [1.54, 1.807) is 18.2 Å². The number of sulfone groups is 1. The van der Waals surface area contributed by atoms with Crippen LogP contribution in [0, 0.1) is 0 Å². The first-order valence-corrected chi connectivity index (χ1v) is 7.54. The van der Waals surface area contributed by atoms with E-state index in [-0.39, 0.29) is 5.75 Å². The molecule has 1 aromatic carbocycles. The van der Waals surface area contributed by atoms with Crippen molar-refractivity contribution in [3.63, 3.8) is 0 Å². The van der Waals surface area contributed by atoms with Crippen molar-refractivity contribution >= 4 is 21.4 Å². The summed E-state index contributed by atoms with van der Waals surface area (Å²) < 4.78 is 27.3. The lowest BCUT2D eigenvalue weighted by molar-refractivity contribution is 0.405. The molecular formula is C11H16ClNO3S. The van der Waals surface area contributed by atoms with Crippen LogP contribution in [0.5, 0.6) is 5.75 Å². The summed E-state index contributed by atoms with van der Waals surface area (Å²) in [7, 11) is -1.47. The minimum atomic E-state index is -3.01. The highest BCUT2D eigenvalue weighted by Gasteiger charge is 2.14. The van der Waals surface area contributed by atoms with Gasteiger partial charge in [-0.15, -0.1) is 0 Å². The molecule has 0 spiro atoms. The summed E-state index contributed by atoms with van der Waals surface area (Å²) in [5, 5.41) is 0.551. The van der Waals surface area contributed by atoms with Crippen LogP contribution in [0.4, 0.5) is 0 Å². The Hall–Kier alpha value is -0.780. The van der Waals surface area contributed by atoms with E-state index < -0.39 is 15.9 Å². The van der Waals surface area contributed by atoms with Gasteiger partial charge in [-0.25, -0.2) is 8.42 Å². The number of rotatable bonds is 5. The fourth-order valence-corrected chi connectivity index (χ4v) is 2.35. The maximum atomic E-state index is 11.1. The maximum absolute atomic E-state index is 11.1. The Balaban J connectivity index is 2.87. The van der Waals surface area contributed by atoms with Gasteiger partial charge in [0.1, 0.15) is 15.6 Å². The highest BCUT2D eigenvalue weighted by atomic mass is 35.5. The first kappa shape index (κ1) is 14.3. The predicted octanol–water partition coefficient (Wildman–Crippen LogP) is 1.78. The summed E-state index contributed by atoms with van der Waals surface area (Å²) >= 11 is 5.88. The van der Waals surface area contributed by atoms with Crippen LogP contribution in [-0.4, -0.2) is 27.5 Å². The van der Waals surface area contributed by atoms with Gasteiger partial charge in [-0.05, 0) is 24.6 Å². The van der Waals surface area contributed by atoms with Gasteiger partial charge in [-0.3, -0.25) is 0 Å². The summed E-state index contributed by atoms with van der Waals surface area (Å²) in [6.45, 7) is 0. The second-order valence-electron chi connectivity index (χ2n) is 3.91. The van der Waals surface area contributed by atoms with E-state index in [2.05, 4.69) is 0 Å². The second-order valence-corrected chi connectivity index (χ2v) is 6.61. The molecule has 1 atom stereocenters. The summed E-state index contributed by atoms with van der Waals surface area (Å²) in [4.78, 5) is 0. The molecule has 6 heteroatoms. The molecule has 0 fully saturated rings. The standard InChI is InChI=1S/C11H16ClNO3S/c1-16-11-4-3-8(12)7-9(11)10(13)5-6-17(2,14)15/h3-4,7,10H,5-6,13H2,1-2H3. The molecule has 1 unspecified atom stereocenters. The van der Waals surface area contributed by atoms with E-state index >= 15 is 0 Å². The van der Waals surface area contributed by atoms with Gasteiger partial charge >= 0.3 is 0 Å². The number of benzene rings is 1. The first-order chi connectivity index (χ1) is 7.83. The minimum Gasteiger partial charge on any atom is -0.496 e. The number of ether oxygens (including phenoxy) is 1. The van der Waals surface area contributed by atoms with E-state index in [1.165, 1.54) is 13.4 Å². The predicted molar refractivity (Wildman–Crippen MR) is 69.3 cm³/mol. The van der Waals surface area contributed by atoms with Gasteiger partial charge in [0.05, 0.1) is 12.9 Å². The van der Waals surface area contributed by atoms with Crippen molar-refractivity contribution in [3.8, 4) is 5.75 Å². The number of nitrogens with two attached hydrogens (primary N) is 1. The topological polar surface area (TPSA) is 69.4 Å². The van der Waals surface area contributed by atoms with Gasteiger partial charge in [0.25, 0.3) is 0 Å². The summed E-state index contributed by atoms with van der Waals surface area (Å²) in [5.41, 5.74) is 6.67. The van der Waals surface area contributed by atoms with Crippen molar-refractivity contribution in [1.82, 2.24) is 0 Å². The van der Waals surface area contributed by atoms with Gasteiger partial charge in [-0.1, -0.05) is 11.6 Å². The molecule has 0 aliphatic rings. The zero-order valence-electron chi connectivity index (χ0n) is 9.81. The fraction of sp³-hybridized carbons (Fsp3) is 0.455. The summed E-state index contributed by atoms with van der Waals surface area (Å²) in [6.07, 6.45) is 1.53. The van der Waals surface area contributed by atoms with Crippen molar-refractivity contribution in [2.24, 2.45) is 5.73 Å². The van der Waals surface area contributed by atoms with E-state index in [0.29, 0.717) is 17.2 Å². The van der Waals surface area contributed by atoms with Gasteiger partial charge in [0.2, 0.25) is 0 Å². The highest BCUT2D eigenvalue weighted by molar-refractivity contribution is 7.90. The number of methoxy groups -OCH3 is 1. The Morgan fingerprint density at radius 3 is 2.65 bits per heavy atom. The van der Waals surface area contributed by atoms with Crippen LogP contribution >= 0.6 is 11.6 Å². The third-order valence-corrected chi connectivity index (χ3v) is 3.60. The van der Waals surface area contributed by atoms with Crippen molar-refractivity contribution in [1.29, 1.82) is 0 Å². The Morgan fingerprint density at radius 2 is 2.12 bits per heavy atom. The van der Waals surface area contributed by atoms with Crippen LogP contribution in [0.3, 0.4) is 0 Å². The first-order valence-electron chi connectivity index (χ1n) is 5.10. The number of hydrogen-bond donors (Lipinski definition) is 1. The fourth-order valence-electron chi connectivity index (χ4n) is 1.49. The molecule has 2 N–H and O–H groups in total. The molecule has 0 saturated carbocycles. The lowest BCUT2D eigenvalue weighted by Gasteiger charge is -2.15. The molecule has 1 rings (SSSR count). The molecular weight excluding hydrogens is 262 g/mol. The molecule has 0 radical (unpaired) electrons. The van der Waals surface area contributed by atoms with Crippen LogP contribution < -0.4 is 10.5 Å². The van der Waals surface area contributed by atoms with Crippen molar-refractivity contribution in [2.45, 2.75) is 12.5 Å².